The van der Waals surface area contributed by atoms with E-state index in [0.717, 1.165) is 4.47 Å². The van der Waals surface area contributed by atoms with E-state index >= 15 is 0 Å². The second kappa shape index (κ2) is 5.04. The van der Waals surface area contributed by atoms with Crippen LogP contribution in [0.1, 0.15) is 17.2 Å². The van der Waals surface area contributed by atoms with Gasteiger partial charge in [-0.25, -0.2) is 0 Å². The molecule has 0 bridgehead atoms. The number of nitrogens with zero attached hydrogens (tertiary/aromatic N) is 1. The lowest BCUT2D eigenvalue weighted by Gasteiger charge is -2.14. The standard InChI is InChI=1S/C12H10BrClN2O/c13-7-1-2-10(14)8(5-7)12(17)9-6-16-4-3-11(9)15/h1-6,12,17H,(H2,15,16). The fourth-order valence-corrected chi connectivity index (χ4v) is 2.14. The molecule has 0 aliphatic rings. The highest BCUT2D eigenvalue weighted by atomic mass is 79.9. The number of hydrogen-bond donors (Lipinski definition) is 2. The lowest BCUT2D eigenvalue weighted by atomic mass is 10.0. The zero-order chi connectivity index (χ0) is 12.4. The van der Waals surface area contributed by atoms with Gasteiger partial charge in [0, 0.05) is 38.7 Å². The first kappa shape index (κ1) is 12.4. The first-order valence-corrected chi connectivity index (χ1v) is 6.09. The molecule has 17 heavy (non-hydrogen) atoms. The maximum atomic E-state index is 10.3. The first-order chi connectivity index (χ1) is 8.09. The molecule has 1 atom stereocenters. The zero-order valence-corrected chi connectivity index (χ0v) is 11.1. The maximum Gasteiger partial charge on any atom is 0.109 e. The summed E-state index contributed by atoms with van der Waals surface area (Å²) in [4.78, 5) is 3.95. The van der Waals surface area contributed by atoms with Crippen LogP contribution in [0, 0.1) is 0 Å². The summed E-state index contributed by atoms with van der Waals surface area (Å²) in [6.45, 7) is 0. The van der Waals surface area contributed by atoms with Crippen LogP contribution in [-0.4, -0.2) is 10.1 Å². The second-order valence-corrected chi connectivity index (χ2v) is 4.90. The minimum absolute atomic E-state index is 0.489. The molecule has 1 unspecified atom stereocenters. The van der Waals surface area contributed by atoms with Gasteiger partial charge in [0.25, 0.3) is 0 Å². The number of hydrogen-bond acceptors (Lipinski definition) is 3. The third kappa shape index (κ3) is 2.60. The summed E-state index contributed by atoms with van der Waals surface area (Å²) in [5.74, 6) is 0. The smallest absolute Gasteiger partial charge is 0.109 e. The van der Waals surface area contributed by atoms with Gasteiger partial charge in [-0.1, -0.05) is 27.5 Å². The van der Waals surface area contributed by atoms with Crippen LogP contribution in [0.15, 0.2) is 41.1 Å². The van der Waals surface area contributed by atoms with Crippen LogP contribution >= 0.6 is 27.5 Å². The predicted molar refractivity (Wildman–Crippen MR) is 71.9 cm³/mol. The van der Waals surface area contributed by atoms with Crippen LogP contribution in [0.25, 0.3) is 0 Å². The third-order valence-corrected chi connectivity index (χ3v) is 3.27. The molecular formula is C12H10BrClN2O. The Kier molecular flexibility index (Phi) is 3.66. The molecule has 0 saturated carbocycles. The fraction of sp³-hybridized carbons (Fsp3) is 0.0833. The SMILES string of the molecule is Nc1ccncc1C(O)c1cc(Br)ccc1Cl. The Morgan fingerprint density at radius 2 is 2.06 bits per heavy atom. The highest BCUT2D eigenvalue weighted by Crippen LogP contribution is 2.32. The molecule has 5 heteroatoms. The Morgan fingerprint density at radius 1 is 1.29 bits per heavy atom. The van der Waals surface area contributed by atoms with Crippen LogP contribution in [0.5, 0.6) is 0 Å². The molecule has 0 aliphatic heterocycles. The lowest BCUT2D eigenvalue weighted by Crippen LogP contribution is -2.05. The second-order valence-electron chi connectivity index (χ2n) is 3.57. The van der Waals surface area contributed by atoms with Crippen molar-refractivity contribution in [1.29, 1.82) is 0 Å². The molecule has 0 spiro atoms. The molecule has 0 amide bonds. The number of nitrogens with two attached hydrogens (primary N) is 1. The Balaban J connectivity index is 2.47. The molecule has 1 heterocycles. The average Bonchev–Trinajstić information content (AvgIpc) is 2.32. The number of benzene rings is 1. The molecule has 3 nitrogen and oxygen atoms in total. The average molecular weight is 314 g/mol. The van der Waals surface area contributed by atoms with E-state index < -0.39 is 6.10 Å². The van der Waals surface area contributed by atoms with E-state index in [1.54, 1.807) is 24.4 Å². The van der Waals surface area contributed by atoms with Gasteiger partial charge in [0.2, 0.25) is 0 Å². The van der Waals surface area contributed by atoms with Gasteiger partial charge in [0.05, 0.1) is 0 Å². The molecule has 88 valence electrons. The predicted octanol–water partition coefficient (Wildman–Crippen LogP) is 3.16. The van der Waals surface area contributed by atoms with E-state index in [4.69, 9.17) is 17.3 Å². The summed E-state index contributed by atoms with van der Waals surface area (Å²) in [5, 5.41) is 10.7. The number of aliphatic hydroxyl groups is 1. The van der Waals surface area contributed by atoms with Crippen molar-refractivity contribution < 1.29 is 5.11 Å². The van der Waals surface area contributed by atoms with Crippen molar-refractivity contribution in [1.82, 2.24) is 4.98 Å². The largest absolute Gasteiger partial charge is 0.398 e. The Labute approximate surface area is 112 Å². The fourth-order valence-electron chi connectivity index (χ4n) is 1.54. The highest BCUT2D eigenvalue weighted by molar-refractivity contribution is 9.10. The van der Waals surface area contributed by atoms with Gasteiger partial charge in [0.15, 0.2) is 0 Å². The monoisotopic (exact) mass is 312 g/mol. The normalized spacial score (nSPS) is 12.4. The van der Waals surface area contributed by atoms with Gasteiger partial charge in [-0.2, -0.15) is 0 Å². The van der Waals surface area contributed by atoms with Gasteiger partial charge in [-0.05, 0) is 24.3 Å². The van der Waals surface area contributed by atoms with Crippen molar-refractivity contribution in [2.45, 2.75) is 6.10 Å². The molecule has 2 aromatic rings. The van der Waals surface area contributed by atoms with Gasteiger partial charge in [-0.3, -0.25) is 4.98 Å². The van der Waals surface area contributed by atoms with Crippen LogP contribution in [-0.2, 0) is 0 Å². The summed E-state index contributed by atoms with van der Waals surface area (Å²) in [6, 6.07) is 6.94. The number of anilines is 1. The summed E-state index contributed by atoms with van der Waals surface area (Å²) < 4.78 is 0.846. The van der Waals surface area contributed by atoms with Crippen LogP contribution in [0.3, 0.4) is 0 Å². The van der Waals surface area contributed by atoms with Gasteiger partial charge < -0.3 is 10.8 Å². The quantitative estimate of drug-likeness (QED) is 0.895. The lowest BCUT2D eigenvalue weighted by molar-refractivity contribution is 0.220. The van der Waals surface area contributed by atoms with Crippen LogP contribution in [0.2, 0.25) is 5.02 Å². The van der Waals surface area contributed by atoms with E-state index in [1.165, 1.54) is 6.20 Å². The van der Waals surface area contributed by atoms with Crippen molar-refractivity contribution in [3.63, 3.8) is 0 Å². The van der Waals surface area contributed by atoms with Crippen LogP contribution in [0.4, 0.5) is 5.69 Å². The summed E-state index contributed by atoms with van der Waals surface area (Å²) >= 11 is 9.39. The highest BCUT2D eigenvalue weighted by Gasteiger charge is 2.16. The Bertz CT molecular complexity index is 548. The van der Waals surface area contributed by atoms with Gasteiger partial charge in [-0.15, -0.1) is 0 Å². The third-order valence-electron chi connectivity index (χ3n) is 2.43. The first-order valence-electron chi connectivity index (χ1n) is 4.92. The number of halogens is 2. The molecule has 0 aliphatic carbocycles. The number of nitrogen functional groups attached to an aromatic ring is 1. The summed E-state index contributed by atoms with van der Waals surface area (Å²) in [5.41, 5.74) is 7.43. The summed E-state index contributed by atoms with van der Waals surface area (Å²) in [7, 11) is 0. The minimum atomic E-state index is -0.881. The molecule has 2 rings (SSSR count). The molecule has 0 radical (unpaired) electrons. The number of aliphatic hydroxyl groups excluding tert-OH is 1. The van der Waals surface area contributed by atoms with Crippen molar-refractivity contribution in [3.8, 4) is 0 Å². The molecule has 1 aromatic heterocycles. The van der Waals surface area contributed by atoms with Crippen molar-refractivity contribution in [3.05, 3.63) is 57.3 Å². The van der Waals surface area contributed by atoms with E-state index in [0.29, 0.717) is 21.8 Å². The Hall–Kier alpha value is -1.10. The van der Waals surface area contributed by atoms with Crippen LogP contribution < -0.4 is 5.73 Å². The van der Waals surface area contributed by atoms with E-state index in [9.17, 15) is 5.11 Å². The van der Waals surface area contributed by atoms with E-state index in [2.05, 4.69) is 20.9 Å². The minimum Gasteiger partial charge on any atom is -0.398 e. The van der Waals surface area contributed by atoms with Gasteiger partial charge >= 0.3 is 0 Å². The number of pyridine rings is 1. The van der Waals surface area contributed by atoms with Crippen molar-refractivity contribution >= 4 is 33.2 Å². The molecular weight excluding hydrogens is 304 g/mol. The van der Waals surface area contributed by atoms with E-state index in [1.807, 2.05) is 6.07 Å². The molecule has 3 N–H and O–H groups in total. The van der Waals surface area contributed by atoms with Crippen molar-refractivity contribution in [2.24, 2.45) is 0 Å². The van der Waals surface area contributed by atoms with Gasteiger partial charge in [0.1, 0.15) is 6.10 Å². The molecule has 0 fully saturated rings. The summed E-state index contributed by atoms with van der Waals surface area (Å²) in [6.07, 6.45) is 2.24. The number of aromatic nitrogens is 1. The topological polar surface area (TPSA) is 59.1 Å². The molecule has 1 aromatic carbocycles. The van der Waals surface area contributed by atoms with Crippen molar-refractivity contribution in [2.75, 3.05) is 5.73 Å². The van der Waals surface area contributed by atoms with E-state index in [-0.39, 0.29) is 0 Å². The maximum absolute atomic E-state index is 10.3. The zero-order valence-electron chi connectivity index (χ0n) is 8.77. The number of rotatable bonds is 2. The molecule has 0 saturated heterocycles. The Morgan fingerprint density at radius 3 is 2.76 bits per heavy atom.